The number of carbonyl (C=O) groups is 1. The van der Waals surface area contributed by atoms with E-state index in [1.807, 2.05) is 0 Å². The molecule has 0 unspecified atom stereocenters. The maximum atomic E-state index is 11.6. The van der Waals surface area contributed by atoms with Crippen LogP contribution in [-0.2, 0) is 18.6 Å². The fraction of sp³-hybridized carbons (Fsp3) is 0.842. The number of aliphatic hydroxyl groups excluding tert-OH is 1. The smallest absolute Gasteiger partial charge is 0.457 e. The van der Waals surface area contributed by atoms with Crippen molar-refractivity contribution in [1.29, 1.82) is 0 Å². The van der Waals surface area contributed by atoms with Gasteiger partial charge in [0.05, 0.1) is 13.2 Å². The number of hydrogen-bond donors (Lipinski definition) is 3. The summed E-state index contributed by atoms with van der Waals surface area (Å²) in [7, 11) is -4.63. The maximum absolute atomic E-state index is 11.6. The largest absolute Gasteiger partial charge is 0.469 e. The van der Waals surface area contributed by atoms with E-state index in [0.29, 0.717) is 6.42 Å². The van der Waals surface area contributed by atoms with Gasteiger partial charge < -0.3 is 19.6 Å². The first-order valence-corrected chi connectivity index (χ1v) is 11.6. The van der Waals surface area contributed by atoms with E-state index >= 15 is 0 Å². The minimum atomic E-state index is -4.63. The van der Waals surface area contributed by atoms with Gasteiger partial charge in [-0.15, -0.1) is 0 Å². The molecule has 0 spiro atoms. The van der Waals surface area contributed by atoms with Crippen molar-refractivity contribution in [2.75, 3.05) is 13.2 Å². The molecule has 0 aliphatic heterocycles. The highest BCUT2D eigenvalue weighted by Crippen LogP contribution is 2.35. The SMILES string of the molecule is CCCCCCC=CCCCCCCCC(=O)O[C@H](CO)COP(=O)(O)O. The summed E-state index contributed by atoms with van der Waals surface area (Å²) in [6.07, 6.45) is 16.2. The fourth-order valence-corrected chi connectivity index (χ4v) is 2.90. The predicted molar refractivity (Wildman–Crippen MR) is 105 cm³/mol. The zero-order valence-corrected chi connectivity index (χ0v) is 17.4. The van der Waals surface area contributed by atoms with Crippen molar-refractivity contribution in [3.63, 3.8) is 0 Å². The Kier molecular flexibility index (Phi) is 16.9. The summed E-state index contributed by atoms with van der Waals surface area (Å²) < 4.78 is 19.8. The molecule has 0 amide bonds. The average molecular weight is 408 g/mol. The van der Waals surface area contributed by atoms with Crippen LogP contribution in [0.25, 0.3) is 0 Å². The van der Waals surface area contributed by atoms with Gasteiger partial charge in [-0.3, -0.25) is 9.32 Å². The van der Waals surface area contributed by atoms with Crippen molar-refractivity contribution in [3.8, 4) is 0 Å². The van der Waals surface area contributed by atoms with E-state index in [4.69, 9.17) is 19.6 Å². The lowest BCUT2D eigenvalue weighted by Gasteiger charge is -2.15. The predicted octanol–water partition coefficient (Wildman–Crippen LogP) is 4.26. The van der Waals surface area contributed by atoms with Crippen LogP contribution in [0.1, 0.15) is 84.0 Å². The Morgan fingerprint density at radius 2 is 1.52 bits per heavy atom. The lowest BCUT2D eigenvalue weighted by Crippen LogP contribution is -2.26. The Morgan fingerprint density at radius 1 is 0.963 bits per heavy atom. The topological polar surface area (TPSA) is 113 Å². The number of unbranched alkanes of at least 4 members (excludes halogenated alkanes) is 9. The van der Waals surface area contributed by atoms with Gasteiger partial charge >= 0.3 is 13.8 Å². The van der Waals surface area contributed by atoms with Crippen molar-refractivity contribution in [3.05, 3.63) is 12.2 Å². The first-order valence-electron chi connectivity index (χ1n) is 10.0. The molecule has 0 heterocycles. The molecule has 0 radical (unpaired) electrons. The van der Waals surface area contributed by atoms with E-state index < -0.39 is 33.1 Å². The van der Waals surface area contributed by atoms with Gasteiger partial charge in [0.25, 0.3) is 0 Å². The van der Waals surface area contributed by atoms with Gasteiger partial charge in [-0.2, -0.15) is 0 Å². The van der Waals surface area contributed by atoms with E-state index in [1.54, 1.807) is 0 Å². The highest BCUT2D eigenvalue weighted by atomic mass is 31.2. The molecule has 7 nitrogen and oxygen atoms in total. The van der Waals surface area contributed by atoms with Gasteiger partial charge in [0.15, 0.2) is 0 Å². The highest BCUT2D eigenvalue weighted by molar-refractivity contribution is 7.46. The summed E-state index contributed by atoms with van der Waals surface area (Å²) in [6, 6.07) is 0. The van der Waals surface area contributed by atoms with Crippen LogP contribution in [0.3, 0.4) is 0 Å². The molecule has 0 saturated carbocycles. The van der Waals surface area contributed by atoms with Crippen LogP contribution in [-0.4, -0.2) is 40.2 Å². The van der Waals surface area contributed by atoms with Crippen LogP contribution in [0.4, 0.5) is 0 Å². The van der Waals surface area contributed by atoms with E-state index in [9.17, 15) is 9.36 Å². The van der Waals surface area contributed by atoms with Gasteiger partial charge in [-0.05, 0) is 32.1 Å². The molecule has 27 heavy (non-hydrogen) atoms. The Bertz CT molecular complexity index is 434. The van der Waals surface area contributed by atoms with Gasteiger partial charge in [-0.1, -0.05) is 57.6 Å². The number of hydrogen-bond acceptors (Lipinski definition) is 5. The summed E-state index contributed by atoms with van der Waals surface area (Å²) >= 11 is 0. The van der Waals surface area contributed by atoms with Crippen LogP contribution in [0.5, 0.6) is 0 Å². The highest BCUT2D eigenvalue weighted by Gasteiger charge is 2.20. The van der Waals surface area contributed by atoms with Gasteiger partial charge in [0.1, 0.15) is 6.10 Å². The average Bonchev–Trinajstić information content (AvgIpc) is 2.61. The lowest BCUT2D eigenvalue weighted by atomic mass is 10.1. The normalized spacial score (nSPS) is 13.2. The van der Waals surface area contributed by atoms with E-state index in [1.165, 1.54) is 32.1 Å². The van der Waals surface area contributed by atoms with Gasteiger partial charge in [0, 0.05) is 6.42 Å². The molecular formula is C19H37O7P. The standard InChI is InChI=1S/C19H37O7P/c1-2-3-4-5-6-7-8-9-10-11-12-13-14-15-19(21)26-18(16-20)17-25-27(22,23)24/h7-8,18,20H,2-6,9-17H2,1H3,(H2,22,23,24)/t18-/m1/s1. The van der Waals surface area contributed by atoms with Crippen molar-refractivity contribution in [2.24, 2.45) is 0 Å². The third-order valence-corrected chi connectivity index (χ3v) is 4.56. The summed E-state index contributed by atoms with van der Waals surface area (Å²) in [4.78, 5) is 28.8. The molecule has 3 N–H and O–H groups in total. The summed E-state index contributed by atoms with van der Waals surface area (Å²) in [5.74, 6) is -0.491. The second-order valence-electron chi connectivity index (χ2n) is 6.71. The number of carbonyl (C=O) groups excluding carboxylic acids is 1. The van der Waals surface area contributed by atoms with Crippen LogP contribution in [0.15, 0.2) is 12.2 Å². The molecule has 0 aliphatic rings. The molecule has 160 valence electrons. The Balaban J connectivity index is 3.54. The number of phosphoric acid groups is 1. The van der Waals surface area contributed by atoms with E-state index in [-0.39, 0.29) is 6.42 Å². The number of aliphatic hydroxyl groups is 1. The van der Waals surface area contributed by atoms with Crippen LogP contribution in [0, 0.1) is 0 Å². The zero-order chi connectivity index (χ0) is 20.4. The molecule has 0 bridgehead atoms. The zero-order valence-electron chi connectivity index (χ0n) is 16.6. The van der Waals surface area contributed by atoms with Crippen molar-refractivity contribution < 1.29 is 33.5 Å². The van der Waals surface area contributed by atoms with Crippen molar-refractivity contribution in [2.45, 2.75) is 90.1 Å². The second-order valence-corrected chi connectivity index (χ2v) is 7.95. The number of allylic oxidation sites excluding steroid dienone is 2. The molecular weight excluding hydrogens is 371 g/mol. The number of phosphoric ester groups is 1. The third kappa shape index (κ3) is 19.8. The quantitative estimate of drug-likeness (QED) is 0.134. The first kappa shape index (κ1) is 26.3. The maximum Gasteiger partial charge on any atom is 0.469 e. The number of ether oxygens (including phenoxy) is 1. The molecule has 1 atom stereocenters. The molecule has 0 aromatic carbocycles. The fourth-order valence-electron chi connectivity index (χ4n) is 2.54. The second kappa shape index (κ2) is 17.4. The van der Waals surface area contributed by atoms with Crippen LogP contribution >= 0.6 is 7.82 Å². The molecule has 0 aromatic heterocycles. The van der Waals surface area contributed by atoms with Crippen LogP contribution in [0.2, 0.25) is 0 Å². The summed E-state index contributed by atoms with van der Waals surface area (Å²) in [5, 5.41) is 9.04. The van der Waals surface area contributed by atoms with Gasteiger partial charge in [-0.25, -0.2) is 4.57 Å². The Labute approximate surface area is 163 Å². The number of esters is 1. The molecule has 0 fully saturated rings. The van der Waals surface area contributed by atoms with E-state index in [0.717, 1.165) is 32.1 Å². The molecule has 8 heteroatoms. The monoisotopic (exact) mass is 408 g/mol. The molecule has 0 aliphatic carbocycles. The molecule has 0 saturated heterocycles. The summed E-state index contributed by atoms with van der Waals surface area (Å²) in [5.41, 5.74) is 0. The summed E-state index contributed by atoms with van der Waals surface area (Å²) in [6.45, 7) is 1.15. The van der Waals surface area contributed by atoms with E-state index in [2.05, 4.69) is 23.6 Å². The van der Waals surface area contributed by atoms with Crippen LogP contribution < -0.4 is 0 Å². The molecule has 0 aromatic rings. The van der Waals surface area contributed by atoms with Gasteiger partial charge in [0.2, 0.25) is 0 Å². The molecule has 0 rings (SSSR count). The lowest BCUT2D eigenvalue weighted by molar-refractivity contribution is -0.153. The minimum Gasteiger partial charge on any atom is -0.457 e. The Hall–Kier alpha value is -0.720. The first-order chi connectivity index (χ1) is 12.9. The Morgan fingerprint density at radius 3 is 2.07 bits per heavy atom. The minimum absolute atomic E-state index is 0.226. The van der Waals surface area contributed by atoms with Crippen molar-refractivity contribution in [1.82, 2.24) is 0 Å². The van der Waals surface area contributed by atoms with Crippen molar-refractivity contribution >= 4 is 13.8 Å². The third-order valence-electron chi connectivity index (χ3n) is 4.07. The number of rotatable bonds is 18.